The van der Waals surface area contributed by atoms with Crippen LogP contribution >= 0.6 is 0 Å². The molecule has 2 rings (SSSR count). The van der Waals surface area contributed by atoms with Crippen LogP contribution in [0.15, 0.2) is 24.3 Å². The number of anilines is 1. The van der Waals surface area contributed by atoms with Gasteiger partial charge in [0.25, 0.3) is 0 Å². The highest BCUT2D eigenvalue weighted by atomic mass is 16.6. The summed E-state index contributed by atoms with van der Waals surface area (Å²) in [5.41, 5.74) is 1.95. The van der Waals surface area contributed by atoms with E-state index in [0.717, 1.165) is 18.7 Å². The van der Waals surface area contributed by atoms with E-state index in [0.29, 0.717) is 0 Å². The molecule has 0 saturated carbocycles. The molecule has 4 nitrogen and oxygen atoms in total. The lowest BCUT2D eigenvalue weighted by atomic mass is 10.2. The third-order valence-corrected chi connectivity index (χ3v) is 2.72. The molecule has 4 heteroatoms. The lowest BCUT2D eigenvalue weighted by molar-refractivity contribution is -0.496. The van der Waals surface area contributed by atoms with Crippen LogP contribution in [0.1, 0.15) is 18.4 Å². The van der Waals surface area contributed by atoms with E-state index in [2.05, 4.69) is 4.90 Å². The molecule has 1 aromatic rings. The maximum Gasteiger partial charge on any atom is 0.228 e. The van der Waals surface area contributed by atoms with Crippen LogP contribution in [0.5, 0.6) is 0 Å². The van der Waals surface area contributed by atoms with Gasteiger partial charge in [0.2, 0.25) is 6.54 Å². The molecule has 1 aromatic carbocycles. The van der Waals surface area contributed by atoms with Gasteiger partial charge in [0.1, 0.15) is 0 Å². The Morgan fingerprint density at radius 3 is 2.33 bits per heavy atom. The Morgan fingerprint density at radius 2 is 1.80 bits per heavy atom. The predicted molar refractivity (Wildman–Crippen MR) is 58.6 cm³/mol. The summed E-state index contributed by atoms with van der Waals surface area (Å²) in [5, 5.41) is 10.3. The average Bonchev–Trinajstić information content (AvgIpc) is 2.71. The molecule has 80 valence electrons. The molecule has 0 radical (unpaired) electrons. The fourth-order valence-corrected chi connectivity index (χ4v) is 1.94. The topological polar surface area (TPSA) is 46.4 Å². The van der Waals surface area contributed by atoms with Crippen LogP contribution in [0.4, 0.5) is 5.69 Å². The molecule has 1 fully saturated rings. The molecule has 0 aliphatic carbocycles. The third-order valence-electron chi connectivity index (χ3n) is 2.72. The number of hydrogen-bond donors (Lipinski definition) is 0. The van der Waals surface area contributed by atoms with Crippen molar-refractivity contribution in [2.45, 2.75) is 19.4 Å². The van der Waals surface area contributed by atoms with Gasteiger partial charge in [-0.05, 0) is 25.0 Å². The van der Waals surface area contributed by atoms with E-state index in [1.54, 1.807) is 0 Å². The molecular weight excluding hydrogens is 192 g/mol. The van der Waals surface area contributed by atoms with Crippen LogP contribution in [0, 0.1) is 10.1 Å². The molecule has 1 aliphatic rings. The zero-order chi connectivity index (χ0) is 10.7. The van der Waals surface area contributed by atoms with Crippen LogP contribution in [0.3, 0.4) is 0 Å². The Kier molecular flexibility index (Phi) is 2.85. The molecule has 0 N–H and O–H groups in total. The monoisotopic (exact) mass is 206 g/mol. The standard InChI is InChI=1S/C11H14N2O2/c14-13(15)9-10-3-5-11(6-4-10)12-7-1-2-8-12/h3-6H,1-2,7-9H2. The first-order valence-electron chi connectivity index (χ1n) is 5.21. The van der Waals surface area contributed by atoms with Crippen molar-refractivity contribution in [3.05, 3.63) is 39.9 Å². The SMILES string of the molecule is O=[N+]([O-])Cc1ccc(N2CCCC2)cc1. The van der Waals surface area contributed by atoms with E-state index in [-0.39, 0.29) is 11.5 Å². The zero-order valence-electron chi connectivity index (χ0n) is 8.56. The smallest absolute Gasteiger partial charge is 0.228 e. The van der Waals surface area contributed by atoms with E-state index in [1.165, 1.54) is 18.5 Å². The van der Waals surface area contributed by atoms with Crippen LogP contribution in [-0.2, 0) is 6.54 Å². The number of benzene rings is 1. The minimum atomic E-state index is -0.301. The molecule has 0 amide bonds. The molecule has 0 atom stereocenters. The highest BCUT2D eigenvalue weighted by molar-refractivity contribution is 5.48. The summed E-state index contributed by atoms with van der Waals surface area (Å²) in [6.07, 6.45) is 2.49. The Morgan fingerprint density at radius 1 is 1.20 bits per heavy atom. The number of rotatable bonds is 3. The third kappa shape index (κ3) is 2.46. The van der Waals surface area contributed by atoms with Gasteiger partial charge in [0.15, 0.2) is 0 Å². The molecule has 15 heavy (non-hydrogen) atoms. The molecular formula is C11H14N2O2. The van der Waals surface area contributed by atoms with Crippen molar-refractivity contribution in [2.24, 2.45) is 0 Å². The molecule has 1 heterocycles. The molecule has 0 spiro atoms. The highest BCUT2D eigenvalue weighted by Crippen LogP contribution is 2.20. The summed E-state index contributed by atoms with van der Waals surface area (Å²) in [4.78, 5) is 12.3. The van der Waals surface area contributed by atoms with Gasteiger partial charge in [0.05, 0.1) is 0 Å². The van der Waals surface area contributed by atoms with E-state index < -0.39 is 0 Å². The first-order chi connectivity index (χ1) is 7.25. The van der Waals surface area contributed by atoms with E-state index in [4.69, 9.17) is 0 Å². The predicted octanol–water partition coefficient (Wildman–Crippen LogP) is 2.06. The van der Waals surface area contributed by atoms with Gasteiger partial charge in [-0.2, -0.15) is 0 Å². The lowest BCUT2D eigenvalue weighted by Crippen LogP contribution is -2.17. The van der Waals surface area contributed by atoms with Crippen molar-refractivity contribution >= 4 is 5.69 Å². The molecule has 1 saturated heterocycles. The quantitative estimate of drug-likeness (QED) is 0.561. The normalized spacial score (nSPS) is 15.6. The van der Waals surface area contributed by atoms with Crippen LogP contribution in [-0.4, -0.2) is 18.0 Å². The van der Waals surface area contributed by atoms with Crippen molar-refractivity contribution in [3.63, 3.8) is 0 Å². The van der Waals surface area contributed by atoms with Gasteiger partial charge in [0, 0.05) is 29.3 Å². The first kappa shape index (κ1) is 9.96. The van der Waals surface area contributed by atoms with Crippen molar-refractivity contribution in [1.29, 1.82) is 0 Å². The minimum Gasteiger partial charge on any atom is -0.372 e. The average molecular weight is 206 g/mol. The summed E-state index contributed by atoms with van der Waals surface area (Å²) < 4.78 is 0. The van der Waals surface area contributed by atoms with Crippen LogP contribution < -0.4 is 4.90 Å². The number of nitro groups is 1. The molecule has 1 aliphatic heterocycles. The van der Waals surface area contributed by atoms with E-state index in [9.17, 15) is 10.1 Å². The van der Waals surface area contributed by atoms with Crippen LogP contribution in [0.2, 0.25) is 0 Å². The summed E-state index contributed by atoms with van der Waals surface area (Å²) in [5.74, 6) is 0. The summed E-state index contributed by atoms with van der Waals surface area (Å²) in [7, 11) is 0. The second-order valence-corrected chi connectivity index (χ2v) is 3.85. The van der Waals surface area contributed by atoms with Gasteiger partial charge >= 0.3 is 0 Å². The van der Waals surface area contributed by atoms with Crippen molar-refractivity contribution in [2.75, 3.05) is 18.0 Å². The molecule has 0 bridgehead atoms. The summed E-state index contributed by atoms with van der Waals surface area (Å²) in [6, 6.07) is 7.64. The van der Waals surface area contributed by atoms with Crippen molar-refractivity contribution in [1.82, 2.24) is 0 Å². The largest absolute Gasteiger partial charge is 0.372 e. The second-order valence-electron chi connectivity index (χ2n) is 3.85. The first-order valence-corrected chi connectivity index (χ1v) is 5.21. The number of nitrogens with zero attached hydrogens (tertiary/aromatic N) is 2. The summed E-state index contributed by atoms with van der Waals surface area (Å²) >= 11 is 0. The molecule has 0 unspecified atom stereocenters. The Bertz CT molecular complexity index is 342. The van der Waals surface area contributed by atoms with Crippen molar-refractivity contribution < 1.29 is 4.92 Å². The Labute approximate surface area is 88.7 Å². The fourth-order valence-electron chi connectivity index (χ4n) is 1.94. The van der Waals surface area contributed by atoms with Gasteiger partial charge < -0.3 is 4.90 Å². The minimum absolute atomic E-state index is 0.0831. The lowest BCUT2D eigenvalue weighted by Gasteiger charge is -2.17. The van der Waals surface area contributed by atoms with E-state index >= 15 is 0 Å². The maximum absolute atomic E-state index is 10.3. The molecule has 0 aromatic heterocycles. The fraction of sp³-hybridized carbons (Fsp3) is 0.455. The van der Waals surface area contributed by atoms with Crippen LogP contribution in [0.25, 0.3) is 0 Å². The maximum atomic E-state index is 10.3. The van der Waals surface area contributed by atoms with Gasteiger partial charge in [-0.25, -0.2) is 0 Å². The Balaban J connectivity index is 2.06. The van der Waals surface area contributed by atoms with Gasteiger partial charge in [-0.1, -0.05) is 12.1 Å². The summed E-state index contributed by atoms with van der Waals surface area (Å²) in [6.45, 7) is 2.13. The number of hydrogen-bond acceptors (Lipinski definition) is 3. The van der Waals surface area contributed by atoms with Gasteiger partial charge in [-0.3, -0.25) is 10.1 Å². The second kappa shape index (κ2) is 4.29. The van der Waals surface area contributed by atoms with E-state index in [1.807, 2.05) is 24.3 Å². The zero-order valence-corrected chi connectivity index (χ0v) is 8.56. The highest BCUT2D eigenvalue weighted by Gasteiger charge is 2.12. The Hall–Kier alpha value is -1.58. The van der Waals surface area contributed by atoms with Gasteiger partial charge in [-0.15, -0.1) is 0 Å². The van der Waals surface area contributed by atoms with Crippen molar-refractivity contribution in [3.8, 4) is 0 Å².